The number of rotatable bonds is 12. The Balaban J connectivity index is 1.61. The van der Waals surface area contributed by atoms with Gasteiger partial charge in [0.05, 0.1) is 6.04 Å². The van der Waals surface area contributed by atoms with E-state index in [0.717, 1.165) is 23.2 Å². The van der Waals surface area contributed by atoms with Crippen LogP contribution in [0.5, 0.6) is 0 Å². The molecule has 0 spiro atoms. The van der Waals surface area contributed by atoms with Crippen LogP contribution in [0.3, 0.4) is 0 Å². The number of aliphatic hydroxyl groups is 1. The second-order valence-corrected chi connectivity index (χ2v) is 13.1. The number of carbonyl (C=O) groups excluding carboxylic acids is 4. The highest BCUT2D eigenvalue weighted by Crippen LogP contribution is 2.32. The Morgan fingerprint density at radius 3 is 2.07 bits per heavy atom. The molecule has 3 rings (SSSR count). The molecule has 0 fully saturated rings. The number of hydrogen-bond donors (Lipinski definition) is 4. The largest absolute Gasteiger partial charge is 0.381 e. The monoisotopic (exact) mass is 593 g/mol. The normalized spacial score (nSPS) is 16.0. The molecule has 0 radical (unpaired) electrons. The highest BCUT2D eigenvalue weighted by atomic mass is 16.3. The number of aliphatic hydroxyl groups excluding tert-OH is 1. The summed E-state index contributed by atoms with van der Waals surface area (Å²) in [6, 6.07) is 12.4. The number of hydrogen-bond acceptors (Lipinski definition) is 6. The van der Waals surface area contributed by atoms with Gasteiger partial charge in [0.25, 0.3) is 11.8 Å². The van der Waals surface area contributed by atoms with Crippen LogP contribution in [0, 0.1) is 11.3 Å². The number of carbonyl (C=O) groups is 4. The van der Waals surface area contributed by atoms with Crippen LogP contribution in [0.1, 0.15) is 68.6 Å². The first-order chi connectivity index (χ1) is 20.1. The molecule has 2 aromatic carbocycles. The van der Waals surface area contributed by atoms with Crippen molar-refractivity contribution in [2.24, 2.45) is 11.3 Å². The van der Waals surface area contributed by atoms with E-state index >= 15 is 0 Å². The van der Waals surface area contributed by atoms with Crippen LogP contribution in [0.25, 0.3) is 0 Å². The van der Waals surface area contributed by atoms with Gasteiger partial charge in [-0.25, -0.2) is 0 Å². The van der Waals surface area contributed by atoms with Crippen LogP contribution in [-0.2, 0) is 34.0 Å². The Labute approximate surface area is 255 Å². The molecule has 0 bridgehead atoms. The zero-order valence-corrected chi connectivity index (χ0v) is 26.6. The van der Waals surface area contributed by atoms with Crippen molar-refractivity contribution in [3.05, 3.63) is 70.8 Å². The molecule has 1 heterocycles. The fourth-order valence-corrected chi connectivity index (χ4v) is 5.33. The summed E-state index contributed by atoms with van der Waals surface area (Å²) in [5.74, 6) is -2.10. The van der Waals surface area contributed by atoms with Crippen molar-refractivity contribution in [3.8, 4) is 0 Å². The van der Waals surface area contributed by atoms with Crippen LogP contribution in [-0.4, -0.2) is 76.9 Å². The van der Waals surface area contributed by atoms with Gasteiger partial charge in [-0.1, -0.05) is 77.1 Å². The Bertz CT molecular complexity index is 1300. The van der Waals surface area contributed by atoms with Crippen molar-refractivity contribution < 1.29 is 24.3 Å². The third-order valence-electron chi connectivity index (χ3n) is 7.61. The third kappa shape index (κ3) is 8.64. The Morgan fingerprint density at radius 1 is 0.907 bits per heavy atom. The Hall–Kier alpha value is -3.76. The van der Waals surface area contributed by atoms with E-state index in [2.05, 4.69) is 20.9 Å². The topological polar surface area (TPSA) is 131 Å². The summed E-state index contributed by atoms with van der Waals surface area (Å²) in [5, 5.41) is 19.1. The zero-order chi connectivity index (χ0) is 32.1. The van der Waals surface area contributed by atoms with Crippen molar-refractivity contribution in [2.75, 3.05) is 14.1 Å². The van der Waals surface area contributed by atoms with Crippen LogP contribution in [0.4, 0.5) is 0 Å². The van der Waals surface area contributed by atoms with E-state index in [1.54, 1.807) is 30.9 Å². The van der Waals surface area contributed by atoms with Gasteiger partial charge in [-0.3, -0.25) is 19.2 Å². The average molecular weight is 594 g/mol. The Kier molecular flexibility index (Phi) is 11.1. The fraction of sp³-hybridized carbons (Fsp3) is 0.515. The summed E-state index contributed by atoms with van der Waals surface area (Å²) in [6.07, 6.45) is -1.50. The first kappa shape index (κ1) is 33.7. The smallest absolute Gasteiger partial charge is 0.255 e. The van der Waals surface area contributed by atoms with E-state index in [0.29, 0.717) is 12.1 Å². The minimum Gasteiger partial charge on any atom is -0.381 e. The van der Waals surface area contributed by atoms with Gasteiger partial charge in [-0.15, -0.1) is 0 Å². The Morgan fingerprint density at radius 2 is 1.51 bits per heavy atom. The van der Waals surface area contributed by atoms with E-state index in [9.17, 15) is 24.3 Å². The van der Waals surface area contributed by atoms with Crippen molar-refractivity contribution in [3.63, 3.8) is 0 Å². The summed E-state index contributed by atoms with van der Waals surface area (Å²) < 4.78 is 0. The summed E-state index contributed by atoms with van der Waals surface area (Å²) in [4.78, 5) is 56.4. The van der Waals surface area contributed by atoms with Gasteiger partial charge in [0.1, 0.15) is 12.1 Å². The summed E-state index contributed by atoms with van der Waals surface area (Å²) in [5.41, 5.74) is 2.85. The second-order valence-electron chi connectivity index (χ2n) is 13.1. The molecule has 4 N–H and O–H groups in total. The maximum absolute atomic E-state index is 13.5. The SMILES string of the molecule is CC(NC(=O)C(N1Cc2ccccc2C1=O)C(C)(C)C)C(=O)NC(C(C)C)C(O)C(=O)NCc1ccc(CN(C)C)cc1. The molecule has 0 aromatic heterocycles. The second kappa shape index (κ2) is 14.1. The molecule has 10 heteroatoms. The molecule has 4 atom stereocenters. The molecule has 10 nitrogen and oxygen atoms in total. The van der Waals surface area contributed by atoms with E-state index in [1.807, 2.05) is 71.3 Å². The molecular formula is C33H47N5O5. The van der Waals surface area contributed by atoms with Crippen molar-refractivity contribution in [1.29, 1.82) is 0 Å². The lowest BCUT2D eigenvalue weighted by molar-refractivity contribution is -0.136. The van der Waals surface area contributed by atoms with Gasteiger partial charge < -0.3 is 30.9 Å². The molecule has 43 heavy (non-hydrogen) atoms. The quantitative estimate of drug-likeness (QED) is 0.299. The van der Waals surface area contributed by atoms with E-state index in [4.69, 9.17) is 0 Å². The van der Waals surface area contributed by atoms with E-state index < -0.39 is 47.4 Å². The highest BCUT2D eigenvalue weighted by Gasteiger charge is 2.43. The molecule has 4 amide bonds. The summed E-state index contributed by atoms with van der Waals surface area (Å²) >= 11 is 0. The van der Waals surface area contributed by atoms with Gasteiger partial charge in [0, 0.05) is 25.2 Å². The average Bonchev–Trinajstić information content (AvgIpc) is 3.24. The minimum absolute atomic E-state index is 0.221. The van der Waals surface area contributed by atoms with Gasteiger partial charge in [-0.2, -0.15) is 0 Å². The van der Waals surface area contributed by atoms with Crippen LogP contribution >= 0.6 is 0 Å². The first-order valence-electron chi connectivity index (χ1n) is 14.8. The van der Waals surface area contributed by atoms with Crippen LogP contribution in [0.15, 0.2) is 48.5 Å². The molecule has 234 valence electrons. The van der Waals surface area contributed by atoms with Crippen molar-refractivity contribution >= 4 is 23.6 Å². The third-order valence-corrected chi connectivity index (χ3v) is 7.61. The summed E-state index contributed by atoms with van der Waals surface area (Å²) in [6.45, 7) is 12.1. The lowest BCUT2D eigenvalue weighted by Gasteiger charge is -2.37. The predicted molar refractivity (Wildman–Crippen MR) is 166 cm³/mol. The van der Waals surface area contributed by atoms with E-state index in [1.165, 1.54) is 6.92 Å². The lowest BCUT2D eigenvalue weighted by Crippen LogP contribution is -2.59. The summed E-state index contributed by atoms with van der Waals surface area (Å²) in [7, 11) is 3.99. The lowest BCUT2D eigenvalue weighted by atomic mass is 9.84. The molecule has 0 aliphatic carbocycles. The highest BCUT2D eigenvalue weighted by molar-refractivity contribution is 6.01. The van der Waals surface area contributed by atoms with Gasteiger partial charge in [0.15, 0.2) is 6.10 Å². The number of nitrogens with zero attached hydrogens (tertiary/aromatic N) is 2. The molecule has 2 aromatic rings. The number of fused-ring (bicyclic) bond motifs is 1. The molecule has 1 aliphatic heterocycles. The molecule has 4 unspecified atom stereocenters. The standard InChI is InChI=1S/C33H47N5O5/c1-20(2)26(27(39)30(41)34-17-22-13-15-23(16-14-22)18-37(7)8)36-29(40)21(3)35-31(42)28(33(4,5)6)38-19-24-11-9-10-12-25(24)32(38)43/h9-16,20-21,26-28,39H,17-19H2,1-8H3,(H,34,41)(H,35,42)(H,36,40). The predicted octanol–water partition coefficient (Wildman–Crippen LogP) is 2.44. The molecule has 1 aliphatic rings. The van der Waals surface area contributed by atoms with Gasteiger partial charge in [-0.05, 0) is 55.1 Å². The fourth-order valence-electron chi connectivity index (χ4n) is 5.33. The number of amides is 4. The van der Waals surface area contributed by atoms with Crippen LogP contribution in [0.2, 0.25) is 0 Å². The maximum Gasteiger partial charge on any atom is 0.255 e. The molecule has 0 saturated carbocycles. The van der Waals surface area contributed by atoms with Crippen LogP contribution < -0.4 is 16.0 Å². The zero-order valence-electron chi connectivity index (χ0n) is 26.6. The number of nitrogens with one attached hydrogen (secondary N) is 3. The van der Waals surface area contributed by atoms with Gasteiger partial charge >= 0.3 is 0 Å². The molecular weight excluding hydrogens is 546 g/mol. The van der Waals surface area contributed by atoms with Gasteiger partial charge in [0.2, 0.25) is 11.8 Å². The first-order valence-corrected chi connectivity index (χ1v) is 14.8. The maximum atomic E-state index is 13.5. The van der Waals surface area contributed by atoms with E-state index in [-0.39, 0.29) is 18.4 Å². The minimum atomic E-state index is -1.50. The number of benzene rings is 2. The molecule has 0 saturated heterocycles. The van der Waals surface area contributed by atoms with Crippen molar-refractivity contribution in [2.45, 2.75) is 85.4 Å². The van der Waals surface area contributed by atoms with Crippen molar-refractivity contribution in [1.82, 2.24) is 25.8 Å².